The third-order valence-corrected chi connectivity index (χ3v) is 2.39. The van der Waals surface area contributed by atoms with Gasteiger partial charge in [0.05, 0.1) is 7.11 Å². The number of ketones is 1. The van der Waals surface area contributed by atoms with E-state index in [-0.39, 0.29) is 17.3 Å². The molecule has 5 nitrogen and oxygen atoms in total. The normalized spacial score (nSPS) is 10.1. The third-order valence-electron chi connectivity index (χ3n) is 2.39. The summed E-state index contributed by atoms with van der Waals surface area (Å²) < 4.78 is 9.92. The van der Waals surface area contributed by atoms with Crippen LogP contribution in [0.3, 0.4) is 0 Å². The Hall–Kier alpha value is -2.56. The molecule has 0 aliphatic carbocycles. The summed E-state index contributed by atoms with van der Waals surface area (Å²) in [5.41, 5.74) is 0.405. The Labute approximate surface area is 103 Å². The standard InChI is InChI=1S/C13H10O5/c1-17-9-4-2-8(3-5-9)12(14)10-6-7-11(18-10)13(15)16/h2-7H,1H3,(H,15,16). The van der Waals surface area contributed by atoms with E-state index in [9.17, 15) is 9.59 Å². The van der Waals surface area contributed by atoms with Crippen LogP contribution in [-0.4, -0.2) is 24.0 Å². The number of carboxylic acid groups (broad SMARTS) is 1. The number of ether oxygens (including phenoxy) is 1. The molecule has 0 aliphatic heterocycles. The van der Waals surface area contributed by atoms with Crippen molar-refractivity contribution in [2.75, 3.05) is 7.11 Å². The predicted octanol–water partition coefficient (Wildman–Crippen LogP) is 2.22. The van der Waals surface area contributed by atoms with Gasteiger partial charge in [-0.15, -0.1) is 0 Å². The molecule has 92 valence electrons. The highest BCUT2D eigenvalue weighted by atomic mass is 16.5. The molecule has 0 radical (unpaired) electrons. The molecule has 0 atom stereocenters. The average Bonchev–Trinajstić information content (AvgIpc) is 2.88. The van der Waals surface area contributed by atoms with Gasteiger partial charge in [0.25, 0.3) is 0 Å². The lowest BCUT2D eigenvalue weighted by Gasteiger charge is -2.00. The topological polar surface area (TPSA) is 76.7 Å². The van der Waals surface area contributed by atoms with Crippen LogP contribution in [0.1, 0.15) is 26.7 Å². The SMILES string of the molecule is COc1ccc(C(=O)c2ccc(C(=O)O)o2)cc1. The van der Waals surface area contributed by atoms with Crippen molar-refractivity contribution in [3.63, 3.8) is 0 Å². The monoisotopic (exact) mass is 246 g/mol. The molecule has 0 saturated carbocycles. The fourth-order valence-corrected chi connectivity index (χ4v) is 1.46. The average molecular weight is 246 g/mol. The van der Waals surface area contributed by atoms with E-state index in [0.29, 0.717) is 11.3 Å². The molecule has 0 fully saturated rings. The molecule has 1 heterocycles. The summed E-state index contributed by atoms with van der Waals surface area (Å²) in [5.74, 6) is -1.20. The summed E-state index contributed by atoms with van der Waals surface area (Å²) >= 11 is 0. The van der Waals surface area contributed by atoms with Crippen LogP contribution in [-0.2, 0) is 0 Å². The molecule has 2 rings (SSSR count). The molecule has 18 heavy (non-hydrogen) atoms. The van der Waals surface area contributed by atoms with Crippen LogP contribution in [0.5, 0.6) is 5.75 Å². The van der Waals surface area contributed by atoms with Crippen LogP contribution >= 0.6 is 0 Å². The van der Waals surface area contributed by atoms with E-state index < -0.39 is 5.97 Å². The number of hydrogen-bond acceptors (Lipinski definition) is 4. The van der Waals surface area contributed by atoms with E-state index in [2.05, 4.69) is 0 Å². The highest BCUT2D eigenvalue weighted by molar-refractivity contribution is 6.07. The van der Waals surface area contributed by atoms with E-state index in [0.717, 1.165) is 0 Å². The number of aromatic carboxylic acids is 1. The van der Waals surface area contributed by atoms with E-state index in [1.165, 1.54) is 19.2 Å². The lowest BCUT2D eigenvalue weighted by Crippen LogP contribution is -2.00. The van der Waals surface area contributed by atoms with Crippen LogP contribution in [0.4, 0.5) is 0 Å². The van der Waals surface area contributed by atoms with Gasteiger partial charge in [0.15, 0.2) is 5.76 Å². The number of carbonyl (C=O) groups excluding carboxylic acids is 1. The molecule has 1 aromatic heterocycles. The number of methoxy groups -OCH3 is 1. The third kappa shape index (κ3) is 2.24. The zero-order chi connectivity index (χ0) is 13.1. The van der Waals surface area contributed by atoms with Crippen molar-refractivity contribution in [3.05, 3.63) is 53.5 Å². The molecule has 1 aromatic carbocycles. The lowest BCUT2D eigenvalue weighted by atomic mass is 10.1. The van der Waals surface area contributed by atoms with Crippen LogP contribution in [0.25, 0.3) is 0 Å². The summed E-state index contributed by atoms with van der Waals surface area (Å²) in [6, 6.07) is 9.06. The number of carbonyl (C=O) groups is 2. The Morgan fingerprint density at radius 2 is 1.67 bits per heavy atom. The molecule has 2 aromatic rings. The summed E-state index contributed by atoms with van der Waals surface area (Å²) in [5, 5.41) is 8.70. The van der Waals surface area contributed by atoms with Crippen molar-refractivity contribution in [1.82, 2.24) is 0 Å². The Bertz CT molecular complexity index is 580. The van der Waals surface area contributed by atoms with Crippen molar-refractivity contribution >= 4 is 11.8 Å². The highest BCUT2D eigenvalue weighted by Gasteiger charge is 2.16. The van der Waals surface area contributed by atoms with Crippen molar-refractivity contribution < 1.29 is 23.8 Å². The van der Waals surface area contributed by atoms with Crippen molar-refractivity contribution in [1.29, 1.82) is 0 Å². The first kappa shape index (κ1) is 11.9. The minimum Gasteiger partial charge on any atom is -0.497 e. The second-order valence-electron chi connectivity index (χ2n) is 3.53. The maximum absolute atomic E-state index is 12.0. The molecule has 0 bridgehead atoms. The minimum absolute atomic E-state index is 0.00225. The van der Waals surface area contributed by atoms with Gasteiger partial charge in [-0.05, 0) is 36.4 Å². The van der Waals surface area contributed by atoms with E-state index in [4.69, 9.17) is 14.3 Å². The largest absolute Gasteiger partial charge is 0.497 e. The smallest absolute Gasteiger partial charge is 0.371 e. The van der Waals surface area contributed by atoms with Gasteiger partial charge in [-0.25, -0.2) is 4.79 Å². The lowest BCUT2D eigenvalue weighted by molar-refractivity contribution is 0.0660. The summed E-state index contributed by atoms with van der Waals surface area (Å²) in [4.78, 5) is 22.6. The van der Waals surface area contributed by atoms with Crippen molar-refractivity contribution in [2.24, 2.45) is 0 Å². The Morgan fingerprint density at radius 3 is 2.17 bits per heavy atom. The molecule has 1 N–H and O–H groups in total. The number of benzene rings is 1. The second kappa shape index (κ2) is 4.75. The van der Waals surface area contributed by atoms with Crippen LogP contribution in [0, 0.1) is 0 Å². The molecule has 0 amide bonds. The molecular weight excluding hydrogens is 236 g/mol. The maximum atomic E-state index is 12.0. The summed E-state index contributed by atoms with van der Waals surface area (Å²) in [7, 11) is 1.53. The molecule has 0 saturated heterocycles. The zero-order valence-electron chi connectivity index (χ0n) is 9.54. The maximum Gasteiger partial charge on any atom is 0.371 e. The van der Waals surface area contributed by atoms with E-state index >= 15 is 0 Å². The van der Waals surface area contributed by atoms with E-state index in [1.54, 1.807) is 24.3 Å². The van der Waals surface area contributed by atoms with Gasteiger partial charge in [0.2, 0.25) is 11.5 Å². The van der Waals surface area contributed by atoms with Crippen LogP contribution in [0.2, 0.25) is 0 Å². The molecule has 0 aliphatic rings. The highest BCUT2D eigenvalue weighted by Crippen LogP contribution is 2.16. The number of hydrogen-bond donors (Lipinski definition) is 1. The van der Waals surface area contributed by atoms with Crippen molar-refractivity contribution in [3.8, 4) is 5.75 Å². The quantitative estimate of drug-likeness (QED) is 0.837. The summed E-state index contributed by atoms with van der Waals surface area (Å²) in [6.07, 6.45) is 0. The fourth-order valence-electron chi connectivity index (χ4n) is 1.46. The van der Waals surface area contributed by atoms with Gasteiger partial charge in [-0.3, -0.25) is 4.79 Å². The van der Waals surface area contributed by atoms with Crippen LogP contribution < -0.4 is 4.74 Å². The second-order valence-corrected chi connectivity index (χ2v) is 3.53. The zero-order valence-corrected chi connectivity index (χ0v) is 9.54. The van der Waals surface area contributed by atoms with Gasteiger partial charge in [0.1, 0.15) is 5.75 Å². The van der Waals surface area contributed by atoms with Gasteiger partial charge >= 0.3 is 5.97 Å². The van der Waals surface area contributed by atoms with Crippen LogP contribution in [0.15, 0.2) is 40.8 Å². The summed E-state index contributed by atoms with van der Waals surface area (Å²) in [6.45, 7) is 0. The van der Waals surface area contributed by atoms with Gasteiger partial charge in [0, 0.05) is 5.56 Å². The first-order valence-corrected chi connectivity index (χ1v) is 5.13. The number of rotatable bonds is 4. The Morgan fingerprint density at radius 1 is 1.06 bits per heavy atom. The fraction of sp³-hybridized carbons (Fsp3) is 0.0769. The molecule has 0 unspecified atom stereocenters. The molecule has 0 spiro atoms. The van der Waals surface area contributed by atoms with Gasteiger partial charge < -0.3 is 14.3 Å². The minimum atomic E-state index is -1.20. The first-order valence-electron chi connectivity index (χ1n) is 5.13. The first-order chi connectivity index (χ1) is 8.61. The Kier molecular flexibility index (Phi) is 3.14. The van der Waals surface area contributed by atoms with Gasteiger partial charge in [-0.1, -0.05) is 0 Å². The number of furan rings is 1. The Balaban J connectivity index is 2.26. The molecule has 5 heteroatoms. The predicted molar refractivity (Wildman–Crippen MR) is 62.1 cm³/mol. The number of carboxylic acids is 1. The molecular formula is C13H10O5. The van der Waals surface area contributed by atoms with Crippen molar-refractivity contribution in [2.45, 2.75) is 0 Å². The van der Waals surface area contributed by atoms with E-state index in [1.807, 2.05) is 0 Å². The van der Waals surface area contributed by atoms with Gasteiger partial charge in [-0.2, -0.15) is 0 Å².